The van der Waals surface area contributed by atoms with Crippen LogP contribution in [-0.2, 0) is 26.2 Å². The molecule has 0 aliphatic rings. The van der Waals surface area contributed by atoms with Gasteiger partial charge in [-0.3, -0.25) is 0 Å². The maximum atomic E-state index is 8.92. The smallest absolute Gasteiger partial charge is 0.508 e. The standard InChI is InChI=1S/2C8H11.2C7H8O.Zr/c2*1-6-4-7(2)8(3)5-6;2*1-6-4-2-3-5-7(6)8;/h2*4-5H,1-3H3;2*2-5,8H,1H3;/q2*-1;;;+2. The molecule has 2 N–H and O–H groups in total. The minimum Gasteiger partial charge on any atom is -0.508 e. The normalized spacial score (nSPS) is 9.21. The Bertz CT molecular complexity index is 918. The van der Waals surface area contributed by atoms with Crippen molar-refractivity contribution < 1.29 is 36.4 Å². The van der Waals surface area contributed by atoms with E-state index in [4.69, 9.17) is 10.2 Å². The summed E-state index contributed by atoms with van der Waals surface area (Å²) in [6.45, 7) is 16.6. The molecular formula is C30H38O2Zr. The third-order valence-corrected chi connectivity index (χ3v) is 5.25. The van der Waals surface area contributed by atoms with Gasteiger partial charge in [0, 0.05) is 0 Å². The van der Waals surface area contributed by atoms with Crippen molar-refractivity contribution >= 4 is 0 Å². The SMILES string of the molecule is Cc1cc(C)[c-](C)c1.Cc1cc(C)[c-](C)c1.Cc1ccccc1O.Cc1ccccc1O.[Zr+2]. The zero-order valence-electron chi connectivity index (χ0n) is 21.3. The van der Waals surface area contributed by atoms with Gasteiger partial charge in [0.1, 0.15) is 11.5 Å². The molecule has 0 heterocycles. The summed E-state index contributed by atoms with van der Waals surface area (Å²) in [5.74, 6) is 0.736. The summed E-state index contributed by atoms with van der Waals surface area (Å²) in [6.07, 6.45) is 0. The van der Waals surface area contributed by atoms with Gasteiger partial charge in [0.05, 0.1) is 0 Å². The van der Waals surface area contributed by atoms with E-state index >= 15 is 0 Å². The summed E-state index contributed by atoms with van der Waals surface area (Å²) in [6, 6.07) is 23.3. The molecular weight excluding hydrogens is 484 g/mol. The Kier molecular flexibility index (Phi) is 14.3. The van der Waals surface area contributed by atoms with E-state index in [0.717, 1.165) is 11.1 Å². The van der Waals surface area contributed by atoms with Gasteiger partial charge in [-0.15, -0.1) is 0 Å². The molecule has 0 saturated heterocycles. The Morgan fingerprint density at radius 3 is 0.970 bits per heavy atom. The van der Waals surface area contributed by atoms with Crippen LogP contribution in [0.4, 0.5) is 0 Å². The number of aryl methyl sites for hydroxylation is 8. The van der Waals surface area contributed by atoms with E-state index in [1.165, 1.54) is 33.4 Å². The number of hydrogen-bond acceptors (Lipinski definition) is 2. The number of benzene rings is 2. The first-order chi connectivity index (χ1) is 15.0. The van der Waals surface area contributed by atoms with E-state index in [0.29, 0.717) is 11.5 Å². The second kappa shape index (κ2) is 15.5. The van der Waals surface area contributed by atoms with E-state index < -0.39 is 0 Å². The maximum Gasteiger partial charge on any atom is 2.00 e. The molecule has 0 bridgehead atoms. The minimum atomic E-state index is 0. The van der Waals surface area contributed by atoms with Crippen molar-refractivity contribution in [1.82, 2.24) is 0 Å². The molecule has 4 rings (SSSR count). The van der Waals surface area contributed by atoms with Crippen LogP contribution in [0.25, 0.3) is 0 Å². The molecule has 174 valence electrons. The Labute approximate surface area is 219 Å². The summed E-state index contributed by atoms with van der Waals surface area (Å²) in [5.41, 5.74) is 10.2. The fourth-order valence-electron chi connectivity index (χ4n) is 3.03. The number of hydrogen-bond donors (Lipinski definition) is 2. The monoisotopic (exact) mass is 520 g/mol. The van der Waals surface area contributed by atoms with E-state index in [1.54, 1.807) is 12.1 Å². The number of rotatable bonds is 0. The van der Waals surface area contributed by atoms with Gasteiger partial charge < -0.3 is 10.2 Å². The van der Waals surface area contributed by atoms with Gasteiger partial charge in [0.25, 0.3) is 0 Å². The Morgan fingerprint density at radius 1 is 0.545 bits per heavy atom. The summed E-state index contributed by atoms with van der Waals surface area (Å²) in [5, 5.41) is 17.8. The number of para-hydroxylation sites is 2. The number of phenolic OH excluding ortho intramolecular Hbond substituents is 2. The Morgan fingerprint density at radius 2 is 0.848 bits per heavy atom. The largest absolute Gasteiger partial charge is 2.00 e. The number of phenols is 2. The number of aromatic hydroxyl groups is 2. The molecule has 0 spiro atoms. The van der Waals surface area contributed by atoms with Crippen molar-refractivity contribution in [3.8, 4) is 11.5 Å². The molecule has 0 radical (unpaired) electrons. The van der Waals surface area contributed by atoms with Gasteiger partial charge in [-0.2, -0.15) is 34.4 Å². The van der Waals surface area contributed by atoms with Crippen LogP contribution in [0.15, 0.2) is 72.8 Å². The molecule has 2 nitrogen and oxygen atoms in total. The summed E-state index contributed by atoms with van der Waals surface area (Å²) in [7, 11) is 0. The van der Waals surface area contributed by atoms with Gasteiger partial charge in [-0.1, -0.05) is 77.9 Å². The quantitative estimate of drug-likeness (QED) is 0.230. The molecule has 0 amide bonds. The molecule has 4 aromatic carbocycles. The fourth-order valence-corrected chi connectivity index (χ4v) is 3.03. The van der Waals surface area contributed by atoms with Crippen LogP contribution in [-0.4, -0.2) is 10.2 Å². The van der Waals surface area contributed by atoms with Crippen molar-refractivity contribution in [3.05, 3.63) is 117 Å². The molecule has 0 aliphatic heterocycles. The van der Waals surface area contributed by atoms with Gasteiger partial charge in [0.15, 0.2) is 0 Å². The van der Waals surface area contributed by atoms with Gasteiger partial charge in [-0.25, -0.2) is 23.3 Å². The molecule has 3 heteroatoms. The van der Waals surface area contributed by atoms with E-state index in [-0.39, 0.29) is 26.2 Å². The zero-order chi connectivity index (χ0) is 24.3. The van der Waals surface area contributed by atoms with Crippen molar-refractivity contribution in [2.45, 2.75) is 55.4 Å². The molecule has 0 unspecified atom stereocenters. The third-order valence-electron chi connectivity index (χ3n) is 5.25. The van der Waals surface area contributed by atoms with Crippen molar-refractivity contribution in [2.24, 2.45) is 0 Å². The van der Waals surface area contributed by atoms with Crippen molar-refractivity contribution in [1.29, 1.82) is 0 Å². The van der Waals surface area contributed by atoms with Crippen molar-refractivity contribution in [3.63, 3.8) is 0 Å². The second-order valence-electron chi connectivity index (χ2n) is 8.37. The molecule has 0 fully saturated rings. The van der Waals surface area contributed by atoms with Crippen LogP contribution >= 0.6 is 0 Å². The van der Waals surface area contributed by atoms with Crippen LogP contribution in [0.5, 0.6) is 11.5 Å². The van der Waals surface area contributed by atoms with Gasteiger partial charge in [-0.05, 0) is 37.1 Å². The minimum absolute atomic E-state index is 0. The first-order valence-electron chi connectivity index (χ1n) is 10.9. The van der Waals surface area contributed by atoms with Crippen LogP contribution in [0, 0.1) is 55.4 Å². The molecule has 33 heavy (non-hydrogen) atoms. The fraction of sp³-hybridized carbons (Fsp3) is 0.267. The zero-order valence-corrected chi connectivity index (χ0v) is 23.8. The maximum absolute atomic E-state index is 8.92. The van der Waals surface area contributed by atoms with Crippen LogP contribution < -0.4 is 0 Å². The average Bonchev–Trinajstić information content (AvgIpc) is 3.19. The van der Waals surface area contributed by atoms with Crippen LogP contribution in [0.1, 0.15) is 44.5 Å². The predicted molar refractivity (Wildman–Crippen MR) is 138 cm³/mol. The summed E-state index contributed by atoms with van der Waals surface area (Å²) >= 11 is 0. The van der Waals surface area contributed by atoms with Crippen LogP contribution in [0.3, 0.4) is 0 Å². The van der Waals surface area contributed by atoms with Gasteiger partial charge in [0.2, 0.25) is 0 Å². The Balaban J connectivity index is 0.000000410. The molecule has 0 aromatic heterocycles. The predicted octanol–water partition coefficient (Wildman–Crippen LogP) is 8.06. The molecule has 0 saturated carbocycles. The summed E-state index contributed by atoms with van der Waals surface area (Å²) < 4.78 is 0. The van der Waals surface area contributed by atoms with E-state index in [2.05, 4.69) is 65.8 Å². The first-order valence-corrected chi connectivity index (χ1v) is 10.9. The first kappa shape index (κ1) is 30.6. The third kappa shape index (κ3) is 11.9. The van der Waals surface area contributed by atoms with E-state index in [9.17, 15) is 0 Å². The molecule has 4 aromatic rings. The van der Waals surface area contributed by atoms with Crippen LogP contribution in [0.2, 0.25) is 0 Å². The second-order valence-corrected chi connectivity index (χ2v) is 8.37. The van der Waals surface area contributed by atoms with E-state index in [1.807, 2.05) is 50.2 Å². The average molecular weight is 522 g/mol. The van der Waals surface area contributed by atoms with Crippen molar-refractivity contribution in [2.75, 3.05) is 0 Å². The topological polar surface area (TPSA) is 40.5 Å². The summed E-state index contributed by atoms with van der Waals surface area (Å²) in [4.78, 5) is 0. The van der Waals surface area contributed by atoms with Gasteiger partial charge >= 0.3 is 26.2 Å². The Hall–Kier alpha value is -2.38. The molecule has 0 atom stereocenters. The molecule has 0 aliphatic carbocycles.